The van der Waals surface area contributed by atoms with Crippen molar-refractivity contribution in [3.63, 3.8) is 0 Å². The van der Waals surface area contributed by atoms with Crippen LogP contribution in [0.4, 0.5) is 5.13 Å². The van der Waals surface area contributed by atoms with E-state index in [1.807, 2.05) is 0 Å². The summed E-state index contributed by atoms with van der Waals surface area (Å²) in [5.41, 5.74) is 0. The molecule has 2 atom stereocenters. The maximum atomic E-state index is 4.54. The van der Waals surface area contributed by atoms with Crippen LogP contribution in [0.25, 0.3) is 0 Å². The van der Waals surface area contributed by atoms with E-state index >= 15 is 0 Å². The maximum Gasteiger partial charge on any atom is 0.186 e. The maximum absolute atomic E-state index is 4.54. The predicted molar refractivity (Wildman–Crippen MR) is 75.8 cm³/mol. The van der Waals surface area contributed by atoms with Crippen LogP contribution in [0.5, 0.6) is 0 Å². The molecule has 2 fully saturated rings. The number of aromatic nitrogens is 1. The van der Waals surface area contributed by atoms with Crippen LogP contribution in [0.15, 0.2) is 9.98 Å². The fourth-order valence-electron chi connectivity index (χ4n) is 3.22. The Morgan fingerprint density at radius 1 is 1.41 bits per heavy atom. The van der Waals surface area contributed by atoms with E-state index in [9.17, 15) is 0 Å². The van der Waals surface area contributed by atoms with Gasteiger partial charge in [-0.1, -0.05) is 0 Å². The van der Waals surface area contributed by atoms with Gasteiger partial charge < -0.3 is 9.80 Å². The highest BCUT2D eigenvalue weighted by Gasteiger charge is 2.34. The number of hydrogen-bond acceptors (Lipinski definition) is 4. The molecule has 0 spiro atoms. The molecule has 94 valence electrons. The van der Waals surface area contributed by atoms with Crippen LogP contribution in [0.2, 0.25) is 0 Å². The summed E-state index contributed by atoms with van der Waals surface area (Å²) in [7, 11) is 2.28. The van der Waals surface area contributed by atoms with Gasteiger partial charge in [-0.05, 0) is 54.7 Å². The topological polar surface area (TPSA) is 19.4 Å². The van der Waals surface area contributed by atoms with Crippen molar-refractivity contribution in [3.8, 4) is 0 Å². The van der Waals surface area contributed by atoms with Gasteiger partial charge in [-0.2, -0.15) is 0 Å². The molecule has 1 aromatic rings. The van der Waals surface area contributed by atoms with Gasteiger partial charge in [0.25, 0.3) is 0 Å². The summed E-state index contributed by atoms with van der Waals surface area (Å²) in [6.07, 6.45) is 4.03. The van der Waals surface area contributed by atoms with Crippen molar-refractivity contribution in [1.29, 1.82) is 0 Å². The van der Waals surface area contributed by atoms with E-state index in [2.05, 4.69) is 43.1 Å². The van der Waals surface area contributed by atoms with Crippen LogP contribution >= 0.6 is 27.3 Å². The standard InChI is InChI=1S/C12H18BrN3S/c1-15-5-2-3-9-7-16(6-4-10(9)15)12-14-11(13)8-17-12/h8-10H,2-7H2,1H3. The van der Waals surface area contributed by atoms with Crippen LogP contribution in [-0.4, -0.2) is 42.6 Å². The van der Waals surface area contributed by atoms with Crippen molar-refractivity contribution in [1.82, 2.24) is 9.88 Å². The molecule has 5 heteroatoms. The minimum Gasteiger partial charge on any atom is -0.348 e. The van der Waals surface area contributed by atoms with E-state index in [1.165, 1.54) is 37.5 Å². The molecular formula is C12H18BrN3S. The Kier molecular flexibility index (Phi) is 3.41. The van der Waals surface area contributed by atoms with Crippen LogP contribution in [0, 0.1) is 5.92 Å². The molecule has 0 aromatic carbocycles. The third-order valence-corrected chi connectivity index (χ3v) is 5.69. The number of halogens is 1. The van der Waals surface area contributed by atoms with Crippen molar-refractivity contribution in [3.05, 3.63) is 9.98 Å². The first-order chi connectivity index (χ1) is 8.24. The van der Waals surface area contributed by atoms with E-state index < -0.39 is 0 Å². The van der Waals surface area contributed by atoms with Gasteiger partial charge in [0, 0.05) is 24.5 Å². The van der Waals surface area contributed by atoms with Gasteiger partial charge in [-0.25, -0.2) is 4.98 Å². The summed E-state index contributed by atoms with van der Waals surface area (Å²) in [5, 5.41) is 3.26. The fourth-order valence-corrected chi connectivity index (χ4v) is 4.50. The second-order valence-electron chi connectivity index (χ2n) is 5.14. The van der Waals surface area contributed by atoms with Crippen LogP contribution in [0.3, 0.4) is 0 Å². The third-order valence-electron chi connectivity index (χ3n) is 4.08. The van der Waals surface area contributed by atoms with Gasteiger partial charge in [-0.3, -0.25) is 0 Å². The molecule has 3 rings (SSSR count). The lowest BCUT2D eigenvalue weighted by Gasteiger charge is -2.45. The van der Waals surface area contributed by atoms with E-state index in [0.29, 0.717) is 0 Å². The number of piperidine rings is 2. The summed E-state index contributed by atoms with van der Waals surface area (Å²) in [5.74, 6) is 0.838. The summed E-state index contributed by atoms with van der Waals surface area (Å²) < 4.78 is 0.973. The number of nitrogens with zero attached hydrogens (tertiary/aromatic N) is 3. The van der Waals surface area contributed by atoms with Crippen molar-refractivity contribution in [2.45, 2.75) is 25.3 Å². The molecule has 17 heavy (non-hydrogen) atoms. The van der Waals surface area contributed by atoms with Gasteiger partial charge >= 0.3 is 0 Å². The zero-order valence-corrected chi connectivity index (χ0v) is 12.5. The van der Waals surface area contributed by atoms with Crippen LogP contribution in [-0.2, 0) is 0 Å². The van der Waals surface area contributed by atoms with Gasteiger partial charge in [0.1, 0.15) is 4.60 Å². The number of likely N-dealkylation sites (tertiary alicyclic amines) is 1. The highest BCUT2D eigenvalue weighted by Crippen LogP contribution is 2.33. The van der Waals surface area contributed by atoms with Crippen molar-refractivity contribution >= 4 is 32.4 Å². The Morgan fingerprint density at radius 2 is 2.29 bits per heavy atom. The van der Waals surface area contributed by atoms with Gasteiger partial charge in [0.2, 0.25) is 0 Å². The largest absolute Gasteiger partial charge is 0.348 e. The minimum atomic E-state index is 0.809. The van der Waals surface area contributed by atoms with Crippen LogP contribution in [0.1, 0.15) is 19.3 Å². The monoisotopic (exact) mass is 315 g/mol. The predicted octanol–water partition coefficient (Wildman–Crippen LogP) is 2.83. The summed E-state index contributed by atoms with van der Waals surface area (Å²) in [4.78, 5) is 9.57. The average Bonchev–Trinajstić information content (AvgIpc) is 2.76. The zero-order valence-electron chi connectivity index (χ0n) is 10.1. The molecule has 0 amide bonds. The van der Waals surface area contributed by atoms with Gasteiger partial charge in [-0.15, -0.1) is 11.3 Å². The number of fused-ring (bicyclic) bond motifs is 1. The quantitative estimate of drug-likeness (QED) is 0.794. The first-order valence-electron chi connectivity index (χ1n) is 6.30. The average molecular weight is 316 g/mol. The first kappa shape index (κ1) is 11.9. The highest BCUT2D eigenvalue weighted by atomic mass is 79.9. The van der Waals surface area contributed by atoms with Crippen molar-refractivity contribution in [2.24, 2.45) is 5.92 Å². The second kappa shape index (κ2) is 4.86. The fraction of sp³-hybridized carbons (Fsp3) is 0.750. The van der Waals surface area contributed by atoms with E-state index in [-0.39, 0.29) is 0 Å². The molecule has 0 aliphatic carbocycles. The molecule has 0 radical (unpaired) electrons. The molecular weight excluding hydrogens is 298 g/mol. The molecule has 0 bridgehead atoms. The van der Waals surface area contributed by atoms with E-state index in [1.54, 1.807) is 11.3 Å². The Balaban J connectivity index is 1.71. The molecule has 0 N–H and O–H groups in total. The summed E-state index contributed by atoms with van der Waals surface area (Å²) in [6, 6.07) is 0.809. The molecule has 2 saturated heterocycles. The Bertz CT molecular complexity index is 395. The lowest BCUT2D eigenvalue weighted by atomic mass is 9.84. The molecule has 2 aliphatic heterocycles. The molecule has 3 heterocycles. The molecule has 1 aromatic heterocycles. The highest BCUT2D eigenvalue weighted by molar-refractivity contribution is 9.10. The third kappa shape index (κ3) is 2.37. The lowest BCUT2D eigenvalue weighted by Crippen LogP contribution is -2.52. The number of rotatable bonds is 1. The molecule has 0 saturated carbocycles. The SMILES string of the molecule is CN1CCCC2CN(c3nc(Br)cs3)CCC21. The molecule has 2 unspecified atom stereocenters. The Morgan fingerprint density at radius 3 is 3.06 bits per heavy atom. The second-order valence-corrected chi connectivity index (χ2v) is 6.79. The molecule has 2 aliphatic rings. The van der Waals surface area contributed by atoms with Crippen LogP contribution < -0.4 is 4.90 Å². The summed E-state index contributed by atoms with van der Waals surface area (Å²) >= 11 is 5.19. The van der Waals surface area contributed by atoms with Gasteiger partial charge in [0.15, 0.2) is 5.13 Å². The number of thiazole rings is 1. The number of anilines is 1. The first-order valence-corrected chi connectivity index (χ1v) is 7.97. The van der Waals surface area contributed by atoms with Gasteiger partial charge in [0.05, 0.1) is 0 Å². The molecule has 3 nitrogen and oxygen atoms in total. The number of hydrogen-bond donors (Lipinski definition) is 0. The zero-order chi connectivity index (χ0) is 11.8. The van der Waals surface area contributed by atoms with E-state index in [4.69, 9.17) is 0 Å². The lowest BCUT2D eigenvalue weighted by molar-refractivity contribution is 0.102. The normalized spacial score (nSPS) is 30.4. The van der Waals surface area contributed by atoms with Crippen molar-refractivity contribution in [2.75, 3.05) is 31.6 Å². The summed E-state index contributed by atoms with van der Waals surface area (Å²) in [6.45, 7) is 3.63. The minimum absolute atomic E-state index is 0.809. The van der Waals surface area contributed by atoms with Crippen molar-refractivity contribution < 1.29 is 0 Å². The Hall–Kier alpha value is -0.130. The Labute approximate surface area is 115 Å². The van der Waals surface area contributed by atoms with E-state index in [0.717, 1.165) is 23.1 Å². The smallest absolute Gasteiger partial charge is 0.186 e.